The Morgan fingerprint density at radius 1 is 1.46 bits per heavy atom. The van der Waals surface area contributed by atoms with Crippen LogP contribution in [0.3, 0.4) is 0 Å². The minimum absolute atomic E-state index is 0.0297. The van der Waals surface area contributed by atoms with Crippen LogP contribution in [0.25, 0.3) is 0 Å². The Labute approximate surface area is 81.9 Å². The molecule has 1 rings (SSSR count). The molecule has 4 nitrogen and oxygen atoms in total. The lowest BCUT2D eigenvalue weighted by molar-refractivity contribution is -0.144. The SMILES string of the molecule is CS[C@H]1CS(=O)(=O)C[C@H]1OC(C)=O. The smallest absolute Gasteiger partial charge is 0.302 e. The highest BCUT2D eigenvalue weighted by Crippen LogP contribution is 2.25. The lowest BCUT2D eigenvalue weighted by Gasteiger charge is -2.14. The molecule has 13 heavy (non-hydrogen) atoms. The van der Waals surface area contributed by atoms with Gasteiger partial charge in [-0.2, -0.15) is 11.8 Å². The van der Waals surface area contributed by atoms with E-state index in [1.807, 2.05) is 6.26 Å². The summed E-state index contributed by atoms with van der Waals surface area (Å²) in [6.45, 7) is 1.29. The molecule has 0 amide bonds. The molecule has 0 aliphatic carbocycles. The molecule has 0 saturated carbocycles. The third-order valence-electron chi connectivity index (χ3n) is 1.87. The van der Waals surface area contributed by atoms with Crippen molar-refractivity contribution in [1.82, 2.24) is 0 Å². The Hall–Kier alpha value is -0.230. The van der Waals surface area contributed by atoms with E-state index in [1.165, 1.54) is 18.7 Å². The summed E-state index contributed by atoms with van der Waals surface area (Å²) >= 11 is 1.43. The van der Waals surface area contributed by atoms with Crippen LogP contribution in [0.1, 0.15) is 6.92 Å². The molecule has 0 bridgehead atoms. The van der Waals surface area contributed by atoms with Gasteiger partial charge >= 0.3 is 5.97 Å². The van der Waals surface area contributed by atoms with E-state index in [2.05, 4.69) is 0 Å². The van der Waals surface area contributed by atoms with Crippen molar-refractivity contribution in [1.29, 1.82) is 0 Å². The van der Waals surface area contributed by atoms with Gasteiger partial charge in [-0.15, -0.1) is 0 Å². The Bertz CT molecular complexity index is 296. The van der Waals surface area contributed by atoms with E-state index in [0.29, 0.717) is 0 Å². The number of carbonyl (C=O) groups is 1. The minimum atomic E-state index is -3.00. The fraction of sp³-hybridized carbons (Fsp3) is 0.857. The summed E-state index contributed by atoms with van der Waals surface area (Å²) in [6, 6.07) is 0. The molecule has 6 heteroatoms. The van der Waals surface area contributed by atoms with Crippen molar-refractivity contribution in [3.8, 4) is 0 Å². The van der Waals surface area contributed by atoms with Crippen molar-refractivity contribution in [2.75, 3.05) is 17.8 Å². The highest BCUT2D eigenvalue weighted by atomic mass is 32.2. The standard InChI is InChI=1S/C7H12O4S2/c1-5(8)11-6-3-13(9,10)4-7(6)12-2/h6-7H,3-4H2,1-2H3/t6-,7+/m1/s1. The Balaban J connectivity index is 2.69. The third-order valence-corrected chi connectivity index (χ3v) is 4.86. The van der Waals surface area contributed by atoms with Crippen LogP contribution in [0.15, 0.2) is 0 Å². The summed E-state index contributed by atoms with van der Waals surface area (Å²) in [4.78, 5) is 10.6. The Kier molecular flexibility index (Phi) is 3.23. The molecule has 76 valence electrons. The Morgan fingerprint density at radius 3 is 2.54 bits per heavy atom. The van der Waals surface area contributed by atoms with E-state index < -0.39 is 21.9 Å². The molecule has 0 radical (unpaired) electrons. The summed E-state index contributed by atoms with van der Waals surface area (Å²) in [6.07, 6.45) is 1.36. The molecule has 1 fully saturated rings. The zero-order chi connectivity index (χ0) is 10.1. The summed E-state index contributed by atoms with van der Waals surface area (Å²) in [5.41, 5.74) is 0. The average Bonchev–Trinajstić information content (AvgIpc) is 2.24. The number of hydrogen-bond donors (Lipinski definition) is 0. The maximum Gasteiger partial charge on any atom is 0.302 e. The van der Waals surface area contributed by atoms with Crippen molar-refractivity contribution in [3.05, 3.63) is 0 Å². The predicted molar refractivity (Wildman–Crippen MR) is 51.5 cm³/mol. The molecule has 1 saturated heterocycles. The quantitative estimate of drug-likeness (QED) is 0.622. The molecule has 0 aromatic heterocycles. The summed E-state index contributed by atoms with van der Waals surface area (Å²) < 4.78 is 27.3. The number of sulfone groups is 1. The first kappa shape index (κ1) is 10.8. The highest BCUT2D eigenvalue weighted by Gasteiger charge is 2.39. The van der Waals surface area contributed by atoms with Crippen LogP contribution in [-0.4, -0.2) is 43.5 Å². The molecule has 0 aromatic rings. The van der Waals surface area contributed by atoms with Gasteiger partial charge in [-0.3, -0.25) is 4.79 Å². The Morgan fingerprint density at radius 2 is 2.08 bits per heavy atom. The lowest BCUT2D eigenvalue weighted by atomic mass is 10.3. The maximum absolute atomic E-state index is 11.2. The maximum atomic E-state index is 11.2. The van der Waals surface area contributed by atoms with Gasteiger partial charge in [0.05, 0.1) is 16.8 Å². The second-order valence-corrected chi connectivity index (χ2v) is 6.23. The minimum Gasteiger partial charge on any atom is -0.460 e. The molecule has 0 aromatic carbocycles. The van der Waals surface area contributed by atoms with Gasteiger partial charge in [0.25, 0.3) is 0 Å². The van der Waals surface area contributed by atoms with Crippen LogP contribution < -0.4 is 0 Å². The fourth-order valence-corrected chi connectivity index (χ4v) is 4.72. The molecule has 1 aliphatic heterocycles. The zero-order valence-electron chi connectivity index (χ0n) is 7.52. The van der Waals surface area contributed by atoms with E-state index in [1.54, 1.807) is 0 Å². The van der Waals surface area contributed by atoms with E-state index in [-0.39, 0.29) is 16.8 Å². The zero-order valence-corrected chi connectivity index (χ0v) is 9.15. The number of esters is 1. The van der Waals surface area contributed by atoms with E-state index in [9.17, 15) is 13.2 Å². The van der Waals surface area contributed by atoms with Crippen LogP contribution >= 0.6 is 11.8 Å². The van der Waals surface area contributed by atoms with Gasteiger partial charge in [0.15, 0.2) is 9.84 Å². The molecule has 0 N–H and O–H groups in total. The summed E-state index contributed by atoms with van der Waals surface area (Å²) in [5.74, 6) is -0.328. The van der Waals surface area contributed by atoms with Crippen LogP contribution in [0.5, 0.6) is 0 Å². The highest BCUT2D eigenvalue weighted by molar-refractivity contribution is 8.01. The van der Waals surface area contributed by atoms with E-state index in [0.717, 1.165) is 0 Å². The largest absolute Gasteiger partial charge is 0.460 e. The van der Waals surface area contributed by atoms with Crippen LogP contribution in [0.4, 0.5) is 0 Å². The van der Waals surface area contributed by atoms with Crippen LogP contribution in [-0.2, 0) is 19.4 Å². The first-order valence-corrected chi connectivity index (χ1v) is 6.96. The second kappa shape index (κ2) is 3.88. The average molecular weight is 224 g/mol. The normalized spacial score (nSPS) is 31.5. The number of ether oxygens (including phenoxy) is 1. The number of hydrogen-bond acceptors (Lipinski definition) is 5. The molecule has 0 spiro atoms. The van der Waals surface area contributed by atoms with Gasteiger partial charge in [0.1, 0.15) is 6.10 Å². The molecule has 2 atom stereocenters. The first-order chi connectivity index (χ1) is 5.94. The topological polar surface area (TPSA) is 60.4 Å². The second-order valence-electron chi connectivity index (χ2n) is 3.00. The van der Waals surface area contributed by atoms with Crippen molar-refractivity contribution in [3.63, 3.8) is 0 Å². The van der Waals surface area contributed by atoms with Crippen LogP contribution in [0, 0.1) is 0 Å². The van der Waals surface area contributed by atoms with Crippen molar-refractivity contribution in [2.45, 2.75) is 18.3 Å². The van der Waals surface area contributed by atoms with Crippen molar-refractivity contribution in [2.24, 2.45) is 0 Å². The number of rotatable bonds is 2. The first-order valence-electron chi connectivity index (χ1n) is 3.85. The molecular weight excluding hydrogens is 212 g/mol. The van der Waals surface area contributed by atoms with Gasteiger partial charge in [-0.25, -0.2) is 8.42 Å². The van der Waals surface area contributed by atoms with Crippen molar-refractivity contribution < 1.29 is 17.9 Å². The van der Waals surface area contributed by atoms with Crippen molar-refractivity contribution >= 4 is 27.6 Å². The lowest BCUT2D eigenvalue weighted by Crippen LogP contribution is -2.26. The van der Waals surface area contributed by atoms with Gasteiger partial charge in [-0.05, 0) is 6.26 Å². The van der Waals surface area contributed by atoms with E-state index in [4.69, 9.17) is 4.74 Å². The third kappa shape index (κ3) is 2.87. The van der Waals surface area contributed by atoms with E-state index >= 15 is 0 Å². The van der Waals surface area contributed by atoms with Gasteiger partial charge in [0.2, 0.25) is 0 Å². The van der Waals surface area contributed by atoms with Gasteiger partial charge in [-0.1, -0.05) is 0 Å². The fourth-order valence-electron chi connectivity index (χ4n) is 1.33. The number of carbonyl (C=O) groups excluding carboxylic acids is 1. The van der Waals surface area contributed by atoms with Gasteiger partial charge < -0.3 is 4.74 Å². The predicted octanol–water partition coefficient (Wildman–Crippen LogP) is 0.0781. The summed E-state index contributed by atoms with van der Waals surface area (Å²) in [5, 5.41) is -0.103. The summed E-state index contributed by atoms with van der Waals surface area (Å²) in [7, 11) is -3.00. The van der Waals surface area contributed by atoms with Crippen LogP contribution in [0.2, 0.25) is 0 Å². The molecule has 1 heterocycles. The molecule has 1 aliphatic rings. The van der Waals surface area contributed by atoms with Gasteiger partial charge in [0, 0.05) is 6.92 Å². The number of thioether (sulfide) groups is 1. The monoisotopic (exact) mass is 224 g/mol. The molecule has 0 unspecified atom stereocenters. The molecular formula is C7H12O4S2.